The number of ether oxygens (including phenoxy) is 2. The van der Waals surface area contributed by atoms with Crippen LogP contribution in [0.15, 0.2) is 90.2 Å². The molecule has 172 valence electrons. The number of hydrogen-bond acceptors (Lipinski definition) is 5. The molecule has 0 spiro atoms. The highest BCUT2D eigenvalue weighted by atomic mass is 35.5. The summed E-state index contributed by atoms with van der Waals surface area (Å²) in [5.74, 6) is 1.02. The number of carbonyl (C=O) groups is 1. The Morgan fingerprint density at radius 3 is 2.71 bits per heavy atom. The number of carbonyl (C=O) groups excluding carboxylic acids is 1. The van der Waals surface area contributed by atoms with Gasteiger partial charge in [0.2, 0.25) is 0 Å². The average molecular weight is 475 g/mol. The van der Waals surface area contributed by atoms with E-state index in [1.807, 2.05) is 72.8 Å². The van der Waals surface area contributed by atoms with Gasteiger partial charge in [-0.3, -0.25) is 9.48 Å². The number of halogens is 1. The van der Waals surface area contributed by atoms with Crippen LogP contribution in [0, 0.1) is 0 Å². The van der Waals surface area contributed by atoms with Crippen LogP contribution in [-0.2, 0) is 13.2 Å². The Morgan fingerprint density at radius 2 is 1.88 bits per heavy atom. The molecule has 1 heterocycles. The minimum absolute atomic E-state index is 0.272. The van der Waals surface area contributed by atoms with Crippen molar-refractivity contribution in [1.29, 1.82) is 0 Å². The molecule has 0 atom stereocenters. The van der Waals surface area contributed by atoms with Crippen molar-refractivity contribution in [2.24, 2.45) is 5.10 Å². The number of nitrogens with zero attached hydrogens (tertiary/aromatic N) is 3. The summed E-state index contributed by atoms with van der Waals surface area (Å²) < 4.78 is 12.9. The van der Waals surface area contributed by atoms with Crippen LogP contribution in [0.2, 0.25) is 5.02 Å². The average Bonchev–Trinajstić information content (AvgIpc) is 3.33. The summed E-state index contributed by atoms with van der Waals surface area (Å²) in [5.41, 5.74) is 5.53. The van der Waals surface area contributed by atoms with Gasteiger partial charge in [0.25, 0.3) is 5.91 Å². The standard InChI is InChI=1S/C26H23ClN4O3/c1-33-23-7-4-5-20(15-23)18-34-25-8-3-2-6-21(25)16-28-29-26(32)24-13-14-31(30-24)17-19-9-11-22(27)12-10-19/h2-16H,17-18H2,1H3,(H,29,32)/b28-16-. The van der Waals surface area contributed by atoms with E-state index < -0.39 is 5.91 Å². The highest BCUT2D eigenvalue weighted by Crippen LogP contribution is 2.19. The Kier molecular flexibility index (Phi) is 7.57. The van der Waals surface area contributed by atoms with E-state index in [0.717, 1.165) is 22.4 Å². The van der Waals surface area contributed by atoms with Crippen molar-refractivity contribution in [2.45, 2.75) is 13.2 Å². The molecule has 34 heavy (non-hydrogen) atoms. The van der Waals surface area contributed by atoms with Crippen LogP contribution in [0.3, 0.4) is 0 Å². The largest absolute Gasteiger partial charge is 0.497 e. The highest BCUT2D eigenvalue weighted by molar-refractivity contribution is 6.30. The minimum atomic E-state index is -0.402. The maximum Gasteiger partial charge on any atom is 0.291 e. The summed E-state index contributed by atoms with van der Waals surface area (Å²) in [5, 5.41) is 9.06. The zero-order valence-electron chi connectivity index (χ0n) is 18.5. The molecule has 8 heteroatoms. The lowest BCUT2D eigenvalue weighted by Crippen LogP contribution is -2.18. The van der Waals surface area contributed by atoms with Crippen molar-refractivity contribution in [1.82, 2.24) is 15.2 Å². The van der Waals surface area contributed by atoms with Crippen molar-refractivity contribution >= 4 is 23.7 Å². The van der Waals surface area contributed by atoms with Crippen molar-refractivity contribution in [3.05, 3.63) is 112 Å². The molecule has 3 aromatic carbocycles. The molecule has 0 saturated carbocycles. The third-order valence-electron chi connectivity index (χ3n) is 4.95. The van der Waals surface area contributed by atoms with Gasteiger partial charge in [-0.2, -0.15) is 10.2 Å². The second-order valence-corrected chi connectivity index (χ2v) is 7.84. The predicted octanol–water partition coefficient (Wildman–Crippen LogP) is 4.94. The molecule has 0 aliphatic heterocycles. The van der Waals surface area contributed by atoms with E-state index >= 15 is 0 Å². The monoisotopic (exact) mass is 474 g/mol. The van der Waals surface area contributed by atoms with Gasteiger partial charge in [0, 0.05) is 16.8 Å². The zero-order valence-corrected chi connectivity index (χ0v) is 19.3. The van der Waals surface area contributed by atoms with Gasteiger partial charge >= 0.3 is 0 Å². The molecule has 4 rings (SSSR count). The molecular weight excluding hydrogens is 452 g/mol. The number of benzene rings is 3. The fraction of sp³-hybridized carbons (Fsp3) is 0.115. The maximum absolute atomic E-state index is 12.4. The van der Waals surface area contributed by atoms with E-state index in [1.54, 1.807) is 30.3 Å². The van der Waals surface area contributed by atoms with Crippen LogP contribution in [0.4, 0.5) is 0 Å². The summed E-state index contributed by atoms with van der Waals surface area (Å²) in [6, 6.07) is 24.3. The number of aromatic nitrogens is 2. The van der Waals surface area contributed by atoms with Gasteiger partial charge in [0.15, 0.2) is 5.69 Å². The van der Waals surface area contributed by atoms with Crippen molar-refractivity contribution in [2.75, 3.05) is 7.11 Å². The number of hydrazone groups is 1. The Balaban J connectivity index is 1.34. The lowest BCUT2D eigenvalue weighted by atomic mass is 10.2. The molecule has 1 N–H and O–H groups in total. The Morgan fingerprint density at radius 1 is 1.06 bits per heavy atom. The maximum atomic E-state index is 12.4. The molecule has 7 nitrogen and oxygen atoms in total. The van der Waals surface area contributed by atoms with E-state index in [1.165, 1.54) is 0 Å². The first kappa shape index (κ1) is 23.1. The fourth-order valence-electron chi connectivity index (χ4n) is 3.21. The van der Waals surface area contributed by atoms with Crippen molar-refractivity contribution in [3.8, 4) is 11.5 Å². The Bertz CT molecular complexity index is 1290. The number of nitrogens with one attached hydrogen (secondary N) is 1. The van der Waals surface area contributed by atoms with Gasteiger partial charge in [-0.15, -0.1) is 0 Å². The Labute approximate surface area is 202 Å². The third-order valence-corrected chi connectivity index (χ3v) is 5.20. The van der Waals surface area contributed by atoms with E-state index in [0.29, 0.717) is 23.9 Å². The van der Waals surface area contributed by atoms with E-state index in [2.05, 4.69) is 15.6 Å². The van der Waals surface area contributed by atoms with Gasteiger partial charge in [-0.05, 0) is 53.6 Å². The number of rotatable bonds is 9. The highest BCUT2D eigenvalue weighted by Gasteiger charge is 2.09. The molecule has 0 aliphatic rings. The Hall–Kier alpha value is -4.10. The molecule has 0 fully saturated rings. The van der Waals surface area contributed by atoms with Crippen LogP contribution >= 0.6 is 11.6 Å². The van der Waals surface area contributed by atoms with Crippen molar-refractivity contribution < 1.29 is 14.3 Å². The van der Waals surface area contributed by atoms with Gasteiger partial charge in [-0.1, -0.05) is 48.0 Å². The fourth-order valence-corrected chi connectivity index (χ4v) is 3.33. The molecule has 1 amide bonds. The summed E-state index contributed by atoms with van der Waals surface area (Å²) in [6.45, 7) is 0.908. The second-order valence-electron chi connectivity index (χ2n) is 7.40. The lowest BCUT2D eigenvalue weighted by Gasteiger charge is -2.10. The molecule has 0 radical (unpaired) electrons. The van der Waals surface area contributed by atoms with Gasteiger partial charge < -0.3 is 9.47 Å². The van der Waals surface area contributed by atoms with Crippen LogP contribution < -0.4 is 14.9 Å². The van der Waals surface area contributed by atoms with Crippen LogP contribution in [0.1, 0.15) is 27.2 Å². The molecule has 0 unspecified atom stereocenters. The quantitative estimate of drug-likeness (QED) is 0.275. The van der Waals surface area contributed by atoms with Crippen LogP contribution in [-0.4, -0.2) is 29.0 Å². The molecule has 1 aromatic heterocycles. The first-order chi connectivity index (χ1) is 16.6. The number of para-hydroxylation sites is 1. The van der Waals surface area contributed by atoms with Gasteiger partial charge in [0.1, 0.15) is 18.1 Å². The van der Waals surface area contributed by atoms with Gasteiger partial charge in [-0.25, -0.2) is 5.43 Å². The number of hydrogen-bond donors (Lipinski definition) is 1. The SMILES string of the molecule is COc1cccc(COc2ccccc2/C=N\NC(=O)c2ccn(Cc3ccc(Cl)cc3)n2)c1. The lowest BCUT2D eigenvalue weighted by molar-refractivity contribution is 0.0949. The van der Waals surface area contributed by atoms with Crippen molar-refractivity contribution in [3.63, 3.8) is 0 Å². The van der Waals surface area contributed by atoms with Crippen LogP contribution in [0.5, 0.6) is 11.5 Å². The van der Waals surface area contributed by atoms with Gasteiger partial charge in [0.05, 0.1) is 19.9 Å². The van der Waals surface area contributed by atoms with E-state index in [-0.39, 0.29) is 5.69 Å². The van der Waals surface area contributed by atoms with E-state index in [9.17, 15) is 4.79 Å². The number of methoxy groups -OCH3 is 1. The number of amides is 1. The summed E-state index contributed by atoms with van der Waals surface area (Å²) in [6.07, 6.45) is 3.29. The molecule has 0 saturated heterocycles. The molecule has 0 bridgehead atoms. The normalized spacial score (nSPS) is 10.9. The van der Waals surface area contributed by atoms with Crippen LogP contribution in [0.25, 0.3) is 0 Å². The molecule has 0 aliphatic carbocycles. The summed E-state index contributed by atoms with van der Waals surface area (Å²) in [7, 11) is 1.63. The van der Waals surface area contributed by atoms with E-state index in [4.69, 9.17) is 21.1 Å². The smallest absolute Gasteiger partial charge is 0.291 e. The summed E-state index contributed by atoms with van der Waals surface area (Å²) in [4.78, 5) is 12.4. The predicted molar refractivity (Wildman–Crippen MR) is 132 cm³/mol. The first-order valence-electron chi connectivity index (χ1n) is 10.6. The zero-order chi connectivity index (χ0) is 23.8. The third kappa shape index (κ3) is 6.24. The molecule has 4 aromatic rings. The molecular formula is C26H23ClN4O3. The second kappa shape index (κ2) is 11.2. The minimum Gasteiger partial charge on any atom is -0.497 e. The summed E-state index contributed by atoms with van der Waals surface area (Å²) >= 11 is 5.92. The first-order valence-corrected chi connectivity index (χ1v) is 10.9. The topological polar surface area (TPSA) is 77.7 Å².